The van der Waals surface area contributed by atoms with Gasteiger partial charge in [-0.25, -0.2) is 4.98 Å². The van der Waals surface area contributed by atoms with Crippen LogP contribution in [0.25, 0.3) is 12.2 Å². The summed E-state index contributed by atoms with van der Waals surface area (Å²) in [5, 5.41) is 11.8. The second kappa shape index (κ2) is 8.10. The Balaban J connectivity index is 0.00000121. The Kier molecular flexibility index (Phi) is 7.10. The number of allylic oxidation sites excluding steroid dienone is 2. The summed E-state index contributed by atoms with van der Waals surface area (Å²) >= 11 is 0. The third-order valence-corrected chi connectivity index (χ3v) is 1.83. The van der Waals surface area contributed by atoms with Crippen molar-refractivity contribution in [2.45, 2.75) is 20.8 Å². The molecule has 0 aliphatic heterocycles. The van der Waals surface area contributed by atoms with Gasteiger partial charge in [-0.2, -0.15) is 0 Å². The predicted octanol–water partition coefficient (Wildman–Crippen LogP) is 3.48. The molecule has 17 heavy (non-hydrogen) atoms. The van der Waals surface area contributed by atoms with Crippen LogP contribution in [0.4, 0.5) is 0 Å². The largest absolute Gasteiger partial charge is 0.410 e. The number of aromatic nitrogens is 2. The topological polar surface area (TPSA) is 61.3 Å². The molecule has 0 saturated heterocycles. The highest BCUT2D eigenvalue weighted by atomic mass is 16.4. The van der Waals surface area contributed by atoms with E-state index in [1.54, 1.807) is 6.08 Å². The summed E-state index contributed by atoms with van der Waals surface area (Å²) in [6, 6.07) is 0. The fraction of sp³-hybridized carbons (Fsp3) is 0.231. The Bertz CT molecular complexity index is 428. The molecule has 0 radical (unpaired) electrons. The number of aromatic amines is 1. The van der Waals surface area contributed by atoms with Gasteiger partial charge in [-0.05, 0) is 25.2 Å². The Morgan fingerprint density at radius 2 is 2.06 bits per heavy atom. The molecule has 2 N–H and O–H groups in total. The smallest absolute Gasteiger partial charge is 0.160 e. The maximum absolute atomic E-state index is 8.70. The molecule has 0 amide bonds. The molecule has 1 aromatic rings. The molecule has 0 unspecified atom stereocenters. The van der Waals surface area contributed by atoms with E-state index in [1.807, 2.05) is 32.9 Å². The molecule has 0 aliphatic carbocycles. The van der Waals surface area contributed by atoms with Crippen LogP contribution in [0, 0.1) is 0 Å². The van der Waals surface area contributed by atoms with Gasteiger partial charge in [-0.15, -0.1) is 0 Å². The molecular formula is C13H19N3O. The first kappa shape index (κ1) is 14.9. The molecule has 4 nitrogen and oxygen atoms in total. The van der Waals surface area contributed by atoms with Gasteiger partial charge in [0.2, 0.25) is 0 Å². The molecule has 0 spiro atoms. The highest BCUT2D eigenvalue weighted by Gasteiger charge is 2.08. The van der Waals surface area contributed by atoms with Crippen LogP contribution in [0.2, 0.25) is 0 Å². The lowest BCUT2D eigenvalue weighted by Gasteiger charge is -1.90. The lowest BCUT2D eigenvalue weighted by molar-refractivity contribution is 0.319. The average molecular weight is 233 g/mol. The molecule has 4 heteroatoms. The van der Waals surface area contributed by atoms with E-state index < -0.39 is 0 Å². The number of hydrogen-bond donors (Lipinski definition) is 2. The molecule has 0 saturated carbocycles. The SMILES string of the molecule is C=C/C(=N\O)c1nc(C=C)c(/C=C\C)[nH]1.CC. The minimum absolute atomic E-state index is 0.300. The normalized spacial score (nSPS) is 10.9. The molecular weight excluding hydrogens is 214 g/mol. The average Bonchev–Trinajstić information content (AvgIpc) is 2.77. The van der Waals surface area contributed by atoms with E-state index in [-0.39, 0.29) is 0 Å². The Hall–Kier alpha value is -2.10. The van der Waals surface area contributed by atoms with E-state index in [4.69, 9.17) is 5.21 Å². The van der Waals surface area contributed by atoms with E-state index in [9.17, 15) is 0 Å². The van der Waals surface area contributed by atoms with Gasteiger partial charge in [0.05, 0.1) is 11.4 Å². The van der Waals surface area contributed by atoms with Crippen LogP contribution in [0.15, 0.2) is 30.5 Å². The summed E-state index contributed by atoms with van der Waals surface area (Å²) in [6.45, 7) is 13.1. The van der Waals surface area contributed by atoms with Crippen molar-refractivity contribution >= 4 is 17.9 Å². The third kappa shape index (κ3) is 3.75. The summed E-state index contributed by atoms with van der Waals surface area (Å²) in [7, 11) is 0. The maximum Gasteiger partial charge on any atom is 0.160 e. The van der Waals surface area contributed by atoms with Crippen LogP contribution >= 0.6 is 0 Å². The summed E-state index contributed by atoms with van der Waals surface area (Å²) in [6.07, 6.45) is 6.80. The maximum atomic E-state index is 8.70. The number of H-pyrrole nitrogens is 1. The lowest BCUT2D eigenvalue weighted by Crippen LogP contribution is -1.98. The molecule has 0 aliphatic rings. The first-order valence-electron chi connectivity index (χ1n) is 5.46. The van der Waals surface area contributed by atoms with Gasteiger partial charge in [-0.3, -0.25) is 0 Å². The van der Waals surface area contributed by atoms with E-state index in [0.29, 0.717) is 17.2 Å². The van der Waals surface area contributed by atoms with Crippen LogP contribution in [-0.4, -0.2) is 20.9 Å². The van der Waals surface area contributed by atoms with E-state index in [2.05, 4.69) is 28.3 Å². The van der Waals surface area contributed by atoms with Crippen molar-refractivity contribution in [1.82, 2.24) is 9.97 Å². The molecule has 1 rings (SSSR count). The van der Waals surface area contributed by atoms with Crippen LogP contribution in [-0.2, 0) is 0 Å². The van der Waals surface area contributed by atoms with Gasteiger partial charge >= 0.3 is 0 Å². The summed E-state index contributed by atoms with van der Waals surface area (Å²) in [5.41, 5.74) is 1.84. The molecule has 1 aromatic heterocycles. The van der Waals surface area contributed by atoms with Crippen LogP contribution in [0.5, 0.6) is 0 Å². The summed E-state index contributed by atoms with van der Waals surface area (Å²) in [4.78, 5) is 7.21. The Morgan fingerprint density at radius 1 is 1.41 bits per heavy atom. The van der Waals surface area contributed by atoms with Crippen LogP contribution < -0.4 is 0 Å². The predicted molar refractivity (Wildman–Crippen MR) is 73.3 cm³/mol. The van der Waals surface area contributed by atoms with Crippen molar-refractivity contribution < 1.29 is 5.21 Å². The molecule has 92 valence electrons. The van der Waals surface area contributed by atoms with Gasteiger partial charge < -0.3 is 10.2 Å². The fourth-order valence-electron chi connectivity index (χ4n) is 1.16. The van der Waals surface area contributed by atoms with Gasteiger partial charge in [0.1, 0.15) is 5.71 Å². The first-order chi connectivity index (χ1) is 8.26. The molecule has 0 aromatic carbocycles. The van der Waals surface area contributed by atoms with E-state index in [0.717, 1.165) is 5.69 Å². The molecule has 1 heterocycles. The zero-order chi connectivity index (χ0) is 13.3. The standard InChI is InChI=1S/C11H13N3O.C2H6/c1-4-7-10-8(5-2)12-11(13-10)9(6-3)14-15;1-2/h4-7,15H,2-3H2,1H3,(H,12,13);1-2H3/b7-4-,14-9+;. The number of rotatable bonds is 4. The molecule has 0 fully saturated rings. The van der Waals surface area contributed by atoms with Crippen molar-refractivity contribution in [1.29, 1.82) is 0 Å². The third-order valence-electron chi connectivity index (χ3n) is 1.83. The lowest BCUT2D eigenvalue weighted by atomic mass is 10.3. The van der Waals surface area contributed by atoms with Crippen molar-refractivity contribution in [3.63, 3.8) is 0 Å². The first-order valence-corrected chi connectivity index (χ1v) is 5.46. The number of imidazole rings is 1. The highest BCUT2D eigenvalue weighted by Crippen LogP contribution is 2.10. The van der Waals surface area contributed by atoms with Gasteiger partial charge in [0.15, 0.2) is 5.82 Å². The highest BCUT2D eigenvalue weighted by molar-refractivity contribution is 6.05. The van der Waals surface area contributed by atoms with Crippen molar-refractivity contribution in [3.8, 4) is 0 Å². The number of hydrogen-bond acceptors (Lipinski definition) is 3. The monoisotopic (exact) mass is 233 g/mol. The van der Waals surface area contributed by atoms with Gasteiger partial charge in [0.25, 0.3) is 0 Å². The van der Waals surface area contributed by atoms with Gasteiger partial charge in [-0.1, -0.05) is 38.2 Å². The van der Waals surface area contributed by atoms with Crippen molar-refractivity contribution in [2.75, 3.05) is 0 Å². The summed E-state index contributed by atoms with van der Waals surface area (Å²) in [5.74, 6) is 0.468. The van der Waals surface area contributed by atoms with E-state index >= 15 is 0 Å². The quantitative estimate of drug-likeness (QED) is 0.475. The van der Waals surface area contributed by atoms with Gasteiger partial charge in [0, 0.05) is 0 Å². The van der Waals surface area contributed by atoms with E-state index in [1.165, 1.54) is 6.08 Å². The second-order valence-electron chi connectivity index (χ2n) is 2.78. The Morgan fingerprint density at radius 3 is 2.47 bits per heavy atom. The molecule has 0 atom stereocenters. The number of nitrogens with one attached hydrogen (secondary N) is 1. The molecule has 0 bridgehead atoms. The minimum Gasteiger partial charge on any atom is -0.410 e. The zero-order valence-electron chi connectivity index (χ0n) is 10.6. The summed E-state index contributed by atoms with van der Waals surface area (Å²) < 4.78 is 0. The number of oxime groups is 1. The zero-order valence-corrected chi connectivity index (χ0v) is 10.6. The van der Waals surface area contributed by atoms with Crippen LogP contribution in [0.1, 0.15) is 38.0 Å². The van der Waals surface area contributed by atoms with Crippen molar-refractivity contribution in [3.05, 3.63) is 42.5 Å². The van der Waals surface area contributed by atoms with Crippen LogP contribution in [0.3, 0.4) is 0 Å². The second-order valence-corrected chi connectivity index (χ2v) is 2.78. The fourth-order valence-corrected chi connectivity index (χ4v) is 1.16. The Labute approximate surface area is 102 Å². The number of nitrogens with zero attached hydrogens (tertiary/aromatic N) is 2. The minimum atomic E-state index is 0.300. The van der Waals surface area contributed by atoms with Crippen molar-refractivity contribution in [2.24, 2.45) is 5.16 Å².